The summed E-state index contributed by atoms with van der Waals surface area (Å²) in [6.45, 7) is 10.4. The smallest absolute Gasteiger partial charge is 0.119 e. The zero-order chi connectivity index (χ0) is 20.0. The number of hydrogen-bond acceptors (Lipinski definition) is 3. The van der Waals surface area contributed by atoms with Crippen LogP contribution in [-0.2, 0) is 11.2 Å². The van der Waals surface area contributed by atoms with E-state index in [9.17, 15) is 0 Å². The largest absolute Gasteiger partial charge is 0.492 e. The minimum atomic E-state index is 0.502. The molecule has 1 N–H and O–H groups in total. The molecule has 1 aromatic rings. The maximum atomic E-state index is 6.00. The van der Waals surface area contributed by atoms with Crippen LogP contribution in [0.15, 0.2) is 60.4 Å². The molecule has 0 amide bonds. The Morgan fingerprint density at radius 2 is 1.93 bits per heavy atom. The quantitative estimate of drug-likeness (QED) is 0.442. The van der Waals surface area contributed by atoms with Crippen LogP contribution in [0.2, 0.25) is 0 Å². The Bertz CT molecular complexity index is 620. The van der Waals surface area contributed by atoms with Gasteiger partial charge in [-0.1, -0.05) is 51.1 Å². The van der Waals surface area contributed by atoms with Crippen molar-refractivity contribution in [3.63, 3.8) is 0 Å². The maximum Gasteiger partial charge on any atom is 0.119 e. The third-order valence-electron chi connectivity index (χ3n) is 5.04. The molecule has 0 aliphatic carbocycles. The van der Waals surface area contributed by atoms with Gasteiger partial charge in [-0.2, -0.15) is 0 Å². The van der Waals surface area contributed by atoms with Gasteiger partial charge >= 0.3 is 0 Å². The van der Waals surface area contributed by atoms with Gasteiger partial charge in [-0.15, -0.1) is 0 Å². The molecule has 2 aliphatic rings. The lowest BCUT2D eigenvalue weighted by molar-refractivity contribution is 0.197. The lowest BCUT2D eigenvalue weighted by atomic mass is 10.1. The molecule has 28 heavy (non-hydrogen) atoms. The molecule has 0 bridgehead atoms. The topological polar surface area (TPSA) is 24.5 Å². The first-order valence-corrected chi connectivity index (χ1v) is 11.1. The van der Waals surface area contributed by atoms with E-state index in [1.807, 2.05) is 13.8 Å². The van der Waals surface area contributed by atoms with Gasteiger partial charge in [0, 0.05) is 24.8 Å². The first-order valence-electron chi connectivity index (χ1n) is 11.1. The molecular weight excluding hydrogens is 344 g/mol. The molecule has 0 spiro atoms. The molecule has 1 atom stereocenters. The van der Waals surface area contributed by atoms with Crippen LogP contribution < -0.4 is 10.2 Å². The summed E-state index contributed by atoms with van der Waals surface area (Å²) >= 11 is 0. The first kappa shape index (κ1) is 22.3. The maximum absolute atomic E-state index is 6.00. The van der Waals surface area contributed by atoms with E-state index >= 15 is 0 Å². The number of nitrogens with zero attached hydrogens (tertiary/aromatic N) is 1. The van der Waals surface area contributed by atoms with Crippen molar-refractivity contribution in [2.24, 2.45) is 0 Å². The number of benzene rings is 1. The van der Waals surface area contributed by atoms with Gasteiger partial charge in [0.1, 0.15) is 12.4 Å². The average Bonchev–Trinajstić information content (AvgIpc) is 3.22. The van der Waals surface area contributed by atoms with Gasteiger partial charge in [0.05, 0.1) is 0 Å². The summed E-state index contributed by atoms with van der Waals surface area (Å²) in [5.41, 5.74) is 2.70. The highest BCUT2D eigenvalue weighted by molar-refractivity contribution is 5.49. The Balaban J connectivity index is 0.00000136. The second-order valence-electron chi connectivity index (χ2n) is 7.12. The Kier molecular flexibility index (Phi) is 10.5. The molecule has 1 aromatic carbocycles. The second-order valence-corrected chi connectivity index (χ2v) is 7.12. The van der Waals surface area contributed by atoms with Gasteiger partial charge in [0.2, 0.25) is 0 Å². The Morgan fingerprint density at radius 1 is 1.14 bits per heavy atom. The average molecular weight is 383 g/mol. The number of nitrogens with one attached hydrogen (secondary N) is 1. The lowest BCUT2D eigenvalue weighted by Gasteiger charge is -2.33. The van der Waals surface area contributed by atoms with Crippen LogP contribution in [0.3, 0.4) is 0 Å². The zero-order valence-electron chi connectivity index (χ0n) is 18.0. The molecular formula is C25H38N2O. The SMILES string of the molecule is CC.CC\C=C/C(=C\C=C\Cc1ccc(N2CCC2)cc1)OCC1CCCN1. The van der Waals surface area contributed by atoms with E-state index in [2.05, 4.69) is 71.8 Å². The summed E-state index contributed by atoms with van der Waals surface area (Å²) < 4.78 is 6.00. The predicted molar refractivity (Wildman–Crippen MR) is 122 cm³/mol. The van der Waals surface area contributed by atoms with Crippen LogP contribution in [0.25, 0.3) is 0 Å². The Morgan fingerprint density at radius 3 is 2.54 bits per heavy atom. The fourth-order valence-electron chi connectivity index (χ4n) is 3.27. The van der Waals surface area contributed by atoms with Gasteiger partial charge < -0.3 is 15.0 Å². The molecule has 0 radical (unpaired) electrons. The fourth-order valence-corrected chi connectivity index (χ4v) is 3.27. The predicted octanol–water partition coefficient (Wildman–Crippen LogP) is 5.64. The molecule has 154 valence electrons. The molecule has 2 heterocycles. The van der Waals surface area contributed by atoms with Crippen molar-refractivity contribution in [2.45, 2.75) is 58.9 Å². The number of ether oxygens (including phenoxy) is 1. The van der Waals surface area contributed by atoms with E-state index in [-0.39, 0.29) is 0 Å². The summed E-state index contributed by atoms with van der Waals surface area (Å²) in [6, 6.07) is 9.46. The van der Waals surface area contributed by atoms with Crippen molar-refractivity contribution in [3.8, 4) is 0 Å². The minimum Gasteiger partial charge on any atom is -0.492 e. The molecule has 3 heteroatoms. The Hall–Kier alpha value is -2.00. The molecule has 2 aliphatic heterocycles. The van der Waals surface area contributed by atoms with Crippen molar-refractivity contribution < 1.29 is 4.74 Å². The first-order chi connectivity index (χ1) is 13.8. The van der Waals surface area contributed by atoms with Crippen LogP contribution >= 0.6 is 0 Å². The normalized spacial score (nSPS) is 19.6. The summed E-state index contributed by atoms with van der Waals surface area (Å²) in [7, 11) is 0. The summed E-state index contributed by atoms with van der Waals surface area (Å²) in [5.74, 6) is 0.949. The number of hydrogen-bond donors (Lipinski definition) is 1. The number of anilines is 1. The van der Waals surface area contributed by atoms with Crippen LogP contribution in [0.4, 0.5) is 5.69 Å². The Labute approximate surface area is 172 Å². The van der Waals surface area contributed by atoms with Crippen LogP contribution in [0, 0.1) is 0 Å². The summed E-state index contributed by atoms with van der Waals surface area (Å²) in [6.07, 6.45) is 16.4. The second kappa shape index (κ2) is 13.2. The zero-order valence-corrected chi connectivity index (χ0v) is 18.0. The number of rotatable bonds is 9. The van der Waals surface area contributed by atoms with Crippen molar-refractivity contribution in [1.82, 2.24) is 5.32 Å². The molecule has 2 saturated heterocycles. The van der Waals surface area contributed by atoms with Gasteiger partial charge in [-0.3, -0.25) is 0 Å². The molecule has 1 unspecified atom stereocenters. The third kappa shape index (κ3) is 7.55. The highest BCUT2D eigenvalue weighted by Crippen LogP contribution is 2.20. The summed E-state index contributed by atoms with van der Waals surface area (Å²) in [5, 5.41) is 3.48. The third-order valence-corrected chi connectivity index (χ3v) is 5.04. The van der Waals surface area contributed by atoms with E-state index in [1.54, 1.807) is 0 Å². The van der Waals surface area contributed by atoms with Gasteiger partial charge in [-0.25, -0.2) is 0 Å². The van der Waals surface area contributed by atoms with Gasteiger partial charge in [0.15, 0.2) is 0 Å². The lowest BCUT2D eigenvalue weighted by Crippen LogP contribution is -2.36. The van der Waals surface area contributed by atoms with Crippen LogP contribution in [-0.4, -0.2) is 32.3 Å². The molecule has 0 saturated carbocycles. The van der Waals surface area contributed by atoms with Crippen molar-refractivity contribution >= 4 is 5.69 Å². The standard InChI is InChI=1S/C23H32N2O.C2H6/c1-2-3-10-23(26-19-21-9-6-16-24-21)11-5-4-8-20-12-14-22(15-13-20)25-17-7-18-25;1-2/h3-5,10-15,21,24H,2,6-9,16-19H2,1H3;1-2H3/b5-4+,10-3-,23-11+;. The summed E-state index contributed by atoms with van der Waals surface area (Å²) in [4.78, 5) is 2.42. The van der Waals surface area contributed by atoms with Crippen molar-refractivity contribution in [2.75, 3.05) is 31.1 Å². The molecule has 3 nitrogen and oxygen atoms in total. The van der Waals surface area contributed by atoms with Crippen LogP contribution in [0.5, 0.6) is 0 Å². The minimum absolute atomic E-state index is 0.502. The highest BCUT2D eigenvalue weighted by Gasteiger charge is 2.14. The molecule has 2 fully saturated rings. The van der Waals surface area contributed by atoms with E-state index < -0.39 is 0 Å². The fraction of sp³-hybridized carbons (Fsp3) is 0.520. The van der Waals surface area contributed by atoms with Gasteiger partial charge in [0.25, 0.3) is 0 Å². The number of allylic oxidation sites excluding steroid dienone is 5. The van der Waals surface area contributed by atoms with E-state index in [0.29, 0.717) is 6.04 Å². The van der Waals surface area contributed by atoms with Gasteiger partial charge in [-0.05, 0) is 68.5 Å². The van der Waals surface area contributed by atoms with Crippen molar-refractivity contribution in [1.29, 1.82) is 0 Å². The molecule has 3 rings (SSSR count). The van der Waals surface area contributed by atoms with Crippen molar-refractivity contribution in [3.05, 3.63) is 66.0 Å². The highest BCUT2D eigenvalue weighted by atomic mass is 16.5. The van der Waals surface area contributed by atoms with Crippen LogP contribution in [0.1, 0.15) is 52.0 Å². The van der Waals surface area contributed by atoms with E-state index in [1.165, 1.54) is 43.6 Å². The molecule has 0 aromatic heterocycles. The van der Waals surface area contributed by atoms with E-state index in [0.717, 1.165) is 31.8 Å². The van der Waals surface area contributed by atoms with E-state index in [4.69, 9.17) is 4.74 Å². The monoisotopic (exact) mass is 382 g/mol.